The molecule has 0 saturated carbocycles. The number of aromatic nitrogens is 1. The van der Waals surface area contributed by atoms with Crippen LogP contribution in [0.25, 0.3) is 0 Å². The summed E-state index contributed by atoms with van der Waals surface area (Å²) in [6.07, 6.45) is 5.06. The first-order valence-electron chi connectivity index (χ1n) is 13.9. The normalized spacial score (nSPS) is 13.3. The van der Waals surface area contributed by atoms with Crippen molar-refractivity contribution in [3.8, 4) is 11.5 Å². The molecule has 0 aliphatic carbocycles. The van der Waals surface area contributed by atoms with Gasteiger partial charge < -0.3 is 14.4 Å². The molecule has 0 spiro atoms. The number of hydrogen-bond acceptors (Lipinski definition) is 5. The fraction of sp³-hybridized carbons (Fsp3) is 0.200. The summed E-state index contributed by atoms with van der Waals surface area (Å²) < 4.78 is 14.1. The van der Waals surface area contributed by atoms with Crippen molar-refractivity contribution in [2.75, 3.05) is 24.8 Å². The van der Waals surface area contributed by atoms with E-state index in [1.165, 1.54) is 6.07 Å². The molecule has 7 nitrogen and oxygen atoms in total. The first-order valence-corrected chi connectivity index (χ1v) is 13.9. The molecule has 1 unspecified atom stereocenters. The van der Waals surface area contributed by atoms with Crippen molar-refractivity contribution in [3.05, 3.63) is 154 Å². The van der Waals surface area contributed by atoms with Crippen LogP contribution in [0.15, 0.2) is 115 Å². The molecule has 5 rings (SSSR count). The number of hydrogen-bond donors (Lipinski definition) is 0. The van der Waals surface area contributed by atoms with E-state index in [2.05, 4.69) is 50.2 Å². The van der Waals surface area contributed by atoms with E-state index >= 15 is 0 Å². The molecule has 0 radical (unpaired) electrons. The lowest BCUT2D eigenvalue weighted by molar-refractivity contribution is 0.0698. The van der Waals surface area contributed by atoms with Gasteiger partial charge in [-0.2, -0.15) is 0 Å². The Hall–Kier alpha value is -5.04. The Bertz CT molecular complexity index is 1660. The minimum absolute atomic E-state index is 0.0153. The van der Waals surface area contributed by atoms with E-state index in [4.69, 9.17) is 9.47 Å². The largest absolute Gasteiger partial charge is 0.489 e. The van der Waals surface area contributed by atoms with Crippen LogP contribution >= 0.6 is 0 Å². The highest BCUT2D eigenvalue weighted by molar-refractivity contribution is 5.96. The van der Waals surface area contributed by atoms with Gasteiger partial charge in [0.1, 0.15) is 31.7 Å². The molecule has 0 fully saturated rings. The predicted octanol–water partition coefficient (Wildman–Crippen LogP) is 5.94. The van der Waals surface area contributed by atoms with Crippen LogP contribution in [0.2, 0.25) is 0 Å². The van der Waals surface area contributed by atoms with Crippen LogP contribution in [-0.2, 0) is 6.61 Å². The van der Waals surface area contributed by atoms with E-state index in [0.717, 1.165) is 33.6 Å². The fourth-order valence-corrected chi connectivity index (χ4v) is 5.38. The maximum atomic E-state index is 14.0. The highest BCUT2D eigenvalue weighted by Gasteiger charge is 2.38. The van der Waals surface area contributed by atoms with E-state index in [1.807, 2.05) is 54.6 Å². The van der Waals surface area contributed by atoms with Gasteiger partial charge in [0.2, 0.25) is 5.43 Å². The van der Waals surface area contributed by atoms with Crippen molar-refractivity contribution in [3.63, 3.8) is 0 Å². The second-order valence-corrected chi connectivity index (χ2v) is 10.2. The quantitative estimate of drug-likeness (QED) is 0.212. The monoisotopic (exact) mass is 561 g/mol. The van der Waals surface area contributed by atoms with E-state index in [1.54, 1.807) is 27.9 Å². The molecular weight excluding hydrogens is 526 g/mol. The van der Waals surface area contributed by atoms with Crippen LogP contribution < -0.4 is 19.9 Å². The van der Waals surface area contributed by atoms with Crippen LogP contribution in [0.4, 0.5) is 0 Å². The number of aryl methyl sites for hydroxylation is 2. The lowest BCUT2D eigenvalue weighted by atomic mass is 9.90. The average Bonchev–Trinajstić information content (AvgIpc) is 3.00. The van der Waals surface area contributed by atoms with Crippen molar-refractivity contribution in [1.29, 1.82) is 0 Å². The van der Waals surface area contributed by atoms with Crippen molar-refractivity contribution in [2.45, 2.75) is 26.5 Å². The van der Waals surface area contributed by atoms with Crippen molar-refractivity contribution in [2.24, 2.45) is 0 Å². The molecule has 214 valence electrons. The predicted molar refractivity (Wildman–Crippen MR) is 166 cm³/mol. The number of pyridine rings is 1. The van der Waals surface area contributed by atoms with Crippen LogP contribution in [0, 0.1) is 13.8 Å². The molecule has 7 heteroatoms. The summed E-state index contributed by atoms with van der Waals surface area (Å²) in [4.78, 5) is 28.9. The summed E-state index contributed by atoms with van der Waals surface area (Å²) in [5.74, 6) is 0.434. The molecule has 1 aromatic heterocycles. The summed E-state index contributed by atoms with van der Waals surface area (Å²) in [5, 5.41) is 2.08. The summed E-state index contributed by atoms with van der Waals surface area (Å²) in [6, 6.07) is 24.8. The Balaban J connectivity index is 1.73. The second-order valence-electron chi connectivity index (χ2n) is 10.2. The number of benzene rings is 3. The lowest BCUT2D eigenvalue weighted by Crippen LogP contribution is -2.55. The van der Waals surface area contributed by atoms with E-state index in [-0.39, 0.29) is 42.1 Å². The zero-order chi connectivity index (χ0) is 29.6. The SMILES string of the molecule is C=CCOc1cccc(C)c1C(c1ccccc1C)N1CN(CC=C)C(=O)c2c(OCc3ccccc3)c(=O)ccn21. The van der Waals surface area contributed by atoms with Gasteiger partial charge in [-0.25, -0.2) is 0 Å². The van der Waals surface area contributed by atoms with Gasteiger partial charge in [0.05, 0.1) is 0 Å². The zero-order valence-electron chi connectivity index (χ0n) is 24.0. The lowest BCUT2D eigenvalue weighted by Gasteiger charge is -2.44. The molecule has 1 aliphatic rings. The molecule has 1 amide bonds. The molecule has 1 atom stereocenters. The van der Waals surface area contributed by atoms with Gasteiger partial charge in [-0.15, -0.1) is 6.58 Å². The molecule has 0 N–H and O–H groups in total. The molecule has 42 heavy (non-hydrogen) atoms. The Morgan fingerprint density at radius 1 is 0.857 bits per heavy atom. The van der Waals surface area contributed by atoms with E-state index < -0.39 is 0 Å². The maximum absolute atomic E-state index is 14.0. The van der Waals surface area contributed by atoms with Gasteiger partial charge in [-0.3, -0.25) is 19.3 Å². The van der Waals surface area contributed by atoms with Crippen LogP contribution in [-0.4, -0.2) is 35.3 Å². The minimum Gasteiger partial charge on any atom is -0.489 e. The zero-order valence-corrected chi connectivity index (χ0v) is 24.0. The van der Waals surface area contributed by atoms with Gasteiger partial charge in [-0.05, 0) is 42.2 Å². The number of carbonyl (C=O) groups is 1. The average molecular weight is 562 g/mol. The first kappa shape index (κ1) is 28.5. The third-order valence-electron chi connectivity index (χ3n) is 7.39. The Labute approximate surface area is 246 Å². The molecule has 2 heterocycles. The first-order chi connectivity index (χ1) is 20.4. The number of ether oxygens (including phenoxy) is 2. The van der Waals surface area contributed by atoms with E-state index in [9.17, 15) is 9.59 Å². The second kappa shape index (κ2) is 12.6. The smallest absolute Gasteiger partial charge is 0.278 e. The molecule has 0 saturated heterocycles. The van der Waals surface area contributed by atoms with Crippen molar-refractivity contribution >= 4 is 5.91 Å². The van der Waals surface area contributed by atoms with Gasteiger partial charge in [-0.1, -0.05) is 85.5 Å². The van der Waals surface area contributed by atoms with Crippen molar-refractivity contribution in [1.82, 2.24) is 9.58 Å². The standard InChI is InChI=1S/C35H35N3O4/c1-5-20-36-24-38(37-21-19-29(39)34(33(37)35(36)40)42-23-27-15-8-7-9-16-27)32(28-17-11-10-13-25(28)3)31-26(4)14-12-18-30(31)41-22-6-2/h5-19,21,32H,1-2,20,22-24H2,3-4H3. The number of amides is 1. The minimum atomic E-state index is -0.379. The van der Waals surface area contributed by atoms with Gasteiger partial charge >= 0.3 is 0 Å². The van der Waals surface area contributed by atoms with Gasteiger partial charge in [0, 0.05) is 24.4 Å². The third kappa shape index (κ3) is 5.59. The molecule has 3 aromatic carbocycles. The Morgan fingerprint density at radius 2 is 1.60 bits per heavy atom. The molecule has 4 aromatic rings. The van der Waals surface area contributed by atoms with Crippen LogP contribution in [0.5, 0.6) is 11.5 Å². The molecular formula is C35H35N3O4. The molecule has 0 bridgehead atoms. The summed E-state index contributed by atoms with van der Waals surface area (Å²) in [7, 11) is 0. The number of nitrogens with zero attached hydrogens (tertiary/aromatic N) is 3. The van der Waals surface area contributed by atoms with E-state index in [0.29, 0.717) is 13.2 Å². The van der Waals surface area contributed by atoms with Gasteiger partial charge in [0.25, 0.3) is 5.91 Å². The van der Waals surface area contributed by atoms with Crippen LogP contribution in [0.3, 0.4) is 0 Å². The van der Waals surface area contributed by atoms with Gasteiger partial charge in [0.15, 0.2) is 11.4 Å². The third-order valence-corrected chi connectivity index (χ3v) is 7.39. The number of fused-ring (bicyclic) bond motifs is 1. The topological polar surface area (TPSA) is 64.0 Å². The summed E-state index contributed by atoms with van der Waals surface area (Å²) in [5.41, 5.74) is 4.81. The Kier molecular flexibility index (Phi) is 8.58. The number of rotatable bonds is 11. The highest BCUT2D eigenvalue weighted by Crippen LogP contribution is 2.39. The highest BCUT2D eigenvalue weighted by atomic mass is 16.5. The number of carbonyl (C=O) groups excluding carboxylic acids is 1. The maximum Gasteiger partial charge on any atom is 0.278 e. The molecule has 1 aliphatic heterocycles. The van der Waals surface area contributed by atoms with Crippen LogP contribution in [0.1, 0.15) is 44.3 Å². The Morgan fingerprint density at radius 3 is 2.33 bits per heavy atom. The fourth-order valence-electron chi connectivity index (χ4n) is 5.38. The summed E-state index contributed by atoms with van der Waals surface area (Å²) in [6.45, 7) is 12.9. The van der Waals surface area contributed by atoms with Crippen molar-refractivity contribution < 1.29 is 14.3 Å². The summed E-state index contributed by atoms with van der Waals surface area (Å²) >= 11 is 0.